The summed E-state index contributed by atoms with van der Waals surface area (Å²) in [6.45, 7) is 7.32. The van der Waals surface area contributed by atoms with Gasteiger partial charge in [0.2, 0.25) is 5.91 Å². The zero-order chi connectivity index (χ0) is 18.6. The first kappa shape index (κ1) is 19.3. The van der Waals surface area contributed by atoms with Crippen LogP contribution < -0.4 is 5.32 Å². The van der Waals surface area contributed by atoms with Crippen LogP contribution in [0.2, 0.25) is 0 Å². The van der Waals surface area contributed by atoms with Crippen LogP contribution in [0.3, 0.4) is 0 Å². The Morgan fingerprint density at radius 2 is 1.92 bits per heavy atom. The van der Waals surface area contributed by atoms with Crippen LogP contribution in [0.1, 0.15) is 53.4 Å². The van der Waals surface area contributed by atoms with Crippen molar-refractivity contribution in [3.63, 3.8) is 0 Å². The summed E-state index contributed by atoms with van der Waals surface area (Å²) in [5.74, 6) is -0.630. The molecule has 2 amide bonds. The first-order chi connectivity index (χ1) is 11.7. The average Bonchev–Trinajstić information content (AvgIpc) is 2.90. The van der Waals surface area contributed by atoms with Gasteiger partial charge in [-0.15, -0.1) is 0 Å². The number of carbonyl (C=O) groups excluding carboxylic acids is 3. The SMILES string of the molecule is CCOC(=O)C1CCC2CC=CCC(NC(=O)OC(C)(C)C)C(=O)N21. The summed E-state index contributed by atoms with van der Waals surface area (Å²) in [4.78, 5) is 38.9. The third kappa shape index (κ3) is 4.96. The molecule has 2 aliphatic rings. The first-order valence-corrected chi connectivity index (χ1v) is 8.86. The minimum Gasteiger partial charge on any atom is -0.464 e. The molecule has 2 rings (SSSR count). The van der Waals surface area contributed by atoms with Crippen molar-refractivity contribution in [2.75, 3.05) is 6.61 Å². The number of hydrogen-bond donors (Lipinski definition) is 1. The van der Waals surface area contributed by atoms with E-state index in [1.165, 1.54) is 0 Å². The molecule has 0 aromatic heterocycles. The molecule has 0 aromatic carbocycles. The number of alkyl carbamates (subject to hydrolysis) is 1. The number of nitrogens with one attached hydrogen (secondary N) is 1. The number of esters is 1. The fourth-order valence-electron chi connectivity index (χ4n) is 3.25. The summed E-state index contributed by atoms with van der Waals surface area (Å²) < 4.78 is 10.4. The van der Waals surface area contributed by atoms with E-state index >= 15 is 0 Å². The van der Waals surface area contributed by atoms with Crippen LogP contribution in [0.15, 0.2) is 12.2 Å². The summed E-state index contributed by atoms with van der Waals surface area (Å²) in [6, 6.07) is -1.36. The number of amides is 2. The Balaban J connectivity index is 2.15. The van der Waals surface area contributed by atoms with Crippen molar-refractivity contribution in [2.24, 2.45) is 0 Å². The van der Waals surface area contributed by atoms with E-state index < -0.39 is 23.8 Å². The number of carbonyl (C=O) groups is 3. The highest BCUT2D eigenvalue weighted by Gasteiger charge is 2.44. The van der Waals surface area contributed by atoms with Gasteiger partial charge in [0, 0.05) is 6.04 Å². The van der Waals surface area contributed by atoms with Crippen molar-refractivity contribution >= 4 is 18.0 Å². The predicted molar refractivity (Wildman–Crippen MR) is 91.8 cm³/mol. The van der Waals surface area contributed by atoms with Crippen LogP contribution in [0.4, 0.5) is 4.79 Å². The van der Waals surface area contributed by atoms with Gasteiger partial charge in [-0.25, -0.2) is 9.59 Å². The van der Waals surface area contributed by atoms with E-state index in [4.69, 9.17) is 9.47 Å². The molecule has 0 saturated carbocycles. The van der Waals surface area contributed by atoms with Crippen molar-refractivity contribution in [3.8, 4) is 0 Å². The second-order valence-corrected chi connectivity index (χ2v) is 7.39. The van der Waals surface area contributed by atoms with Gasteiger partial charge >= 0.3 is 12.1 Å². The first-order valence-electron chi connectivity index (χ1n) is 8.86. The quantitative estimate of drug-likeness (QED) is 0.621. The maximum atomic E-state index is 13.0. The Kier molecular flexibility index (Phi) is 6.08. The molecule has 2 aliphatic heterocycles. The summed E-state index contributed by atoms with van der Waals surface area (Å²) in [5, 5.41) is 2.64. The summed E-state index contributed by atoms with van der Waals surface area (Å²) in [6.07, 6.45) is 5.68. The monoisotopic (exact) mass is 352 g/mol. The van der Waals surface area contributed by atoms with E-state index in [0.717, 1.165) is 6.42 Å². The second-order valence-electron chi connectivity index (χ2n) is 7.39. The van der Waals surface area contributed by atoms with Gasteiger partial charge in [-0.1, -0.05) is 12.2 Å². The Hall–Kier alpha value is -2.05. The molecule has 1 fully saturated rings. The lowest BCUT2D eigenvalue weighted by Crippen LogP contribution is -2.55. The van der Waals surface area contributed by atoms with Crippen LogP contribution >= 0.6 is 0 Å². The molecule has 2 heterocycles. The van der Waals surface area contributed by atoms with Gasteiger partial charge in [-0.2, -0.15) is 0 Å². The van der Waals surface area contributed by atoms with Gasteiger partial charge in [-0.3, -0.25) is 4.79 Å². The van der Waals surface area contributed by atoms with Crippen molar-refractivity contribution in [2.45, 2.75) is 77.1 Å². The van der Waals surface area contributed by atoms with E-state index in [9.17, 15) is 14.4 Å². The topological polar surface area (TPSA) is 84.9 Å². The third-order valence-electron chi connectivity index (χ3n) is 4.25. The van der Waals surface area contributed by atoms with E-state index in [1.54, 1.807) is 32.6 Å². The van der Waals surface area contributed by atoms with Crippen LogP contribution in [-0.2, 0) is 19.1 Å². The van der Waals surface area contributed by atoms with E-state index in [-0.39, 0.29) is 24.5 Å². The third-order valence-corrected chi connectivity index (χ3v) is 4.25. The molecule has 3 unspecified atom stereocenters. The Labute approximate surface area is 148 Å². The summed E-state index contributed by atoms with van der Waals surface area (Å²) >= 11 is 0. The minimum atomic E-state index is -0.746. The number of rotatable bonds is 3. The molecule has 3 atom stereocenters. The molecule has 1 saturated heterocycles. The molecule has 25 heavy (non-hydrogen) atoms. The van der Waals surface area contributed by atoms with Crippen molar-refractivity contribution in [1.29, 1.82) is 0 Å². The lowest BCUT2D eigenvalue weighted by Gasteiger charge is -2.33. The van der Waals surface area contributed by atoms with Crippen molar-refractivity contribution in [3.05, 3.63) is 12.2 Å². The number of ether oxygens (including phenoxy) is 2. The largest absolute Gasteiger partial charge is 0.464 e. The molecule has 140 valence electrons. The Morgan fingerprint density at radius 3 is 2.56 bits per heavy atom. The zero-order valence-corrected chi connectivity index (χ0v) is 15.4. The lowest BCUT2D eigenvalue weighted by molar-refractivity contribution is -0.154. The van der Waals surface area contributed by atoms with Gasteiger partial charge in [0.1, 0.15) is 17.7 Å². The molecule has 0 bridgehead atoms. The van der Waals surface area contributed by atoms with Gasteiger partial charge in [0.05, 0.1) is 6.61 Å². The van der Waals surface area contributed by atoms with Crippen LogP contribution in [0.25, 0.3) is 0 Å². The highest BCUT2D eigenvalue weighted by molar-refractivity contribution is 5.90. The predicted octanol–water partition coefficient (Wildman–Crippen LogP) is 2.15. The molecule has 7 heteroatoms. The van der Waals surface area contributed by atoms with Crippen molar-refractivity contribution < 1.29 is 23.9 Å². The van der Waals surface area contributed by atoms with Crippen LogP contribution in [0.5, 0.6) is 0 Å². The van der Waals surface area contributed by atoms with Gasteiger partial charge in [-0.05, 0) is 53.4 Å². The maximum absolute atomic E-state index is 13.0. The number of fused-ring (bicyclic) bond motifs is 1. The lowest BCUT2D eigenvalue weighted by atomic mass is 10.0. The van der Waals surface area contributed by atoms with Crippen LogP contribution in [-0.4, -0.2) is 53.2 Å². The number of nitrogens with zero attached hydrogens (tertiary/aromatic N) is 1. The molecule has 0 radical (unpaired) electrons. The Bertz CT molecular complexity index is 552. The van der Waals surface area contributed by atoms with Crippen molar-refractivity contribution in [1.82, 2.24) is 10.2 Å². The van der Waals surface area contributed by atoms with Crippen LogP contribution in [0, 0.1) is 0 Å². The highest BCUT2D eigenvalue weighted by atomic mass is 16.6. The zero-order valence-electron chi connectivity index (χ0n) is 15.4. The van der Waals surface area contributed by atoms with Gasteiger partial charge < -0.3 is 19.7 Å². The maximum Gasteiger partial charge on any atom is 0.408 e. The molecule has 7 nitrogen and oxygen atoms in total. The molecular formula is C18H28N2O5. The standard InChI is InChI=1S/C18H28N2O5/c1-5-24-16(22)14-11-10-12-8-6-7-9-13(15(21)20(12)14)19-17(23)25-18(2,3)4/h6-7,12-14H,5,8-11H2,1-4H3,(H,19,23). The normalized spacial score (nSPS) is 26.5. The smallest absolute Gasteiger partial charge is 0.408 e. The van der Waals surface area contributed by atoms with E-state index in [2.05, 4.69) is 5.32 Å². The Morgan fingerprint density at radius 1 is 1.24 bits per heavy atom. The minimum absolute atomic E-state index is 0.0404. The van der Waals surface area contributed by atoms with Gasteiger partial charge in [0.25, 0.3) is 0 Å². The number of hydrogen-bond acceptors (Lipinski definition) is 5. The summed E-state index contributed by atoms with van der Waals surface area (Å²) in [7, 11) is 0. The fourth-order valence-corrected chi connectivity index (χ4v) is 3.25. The highest BCUT2D eigenvalue weighted by Crippen LogP contribution is 2.30. The molecular weight excluding hydrogens is 324 g/mol. The van der Waals surface area contributed by atoms with E-state index in [0.29, 0.717) is 19.3 Å². The second kappa shape index (κ2) is 7.89. The molecule has 1 N–H and O–H groups in total. The molecule has 0 aliphatic carbocycles. The molecule has 0 spiro atoms. The van der Waals surface area contributed by atoms with Gasteiger partial charge in [0.15, 0.2) is 0 Å². The average molecular weight is 352 g/mol. The summed E-state index contributed by atoms with van der Waals surface area (Å²) in [5.41, 5.74) is -0.645. The van der Waals surface area contributed by atoms with E-state index in [1.807, 2.05) is 12.2 Å². The molecule has 0 aromatic rings. The fraction of sp³-hybridized carbons (Fsp3) is 0.722.